The summed E-state index contributed by atoms with van der Waals surface area (Å²) in [6.45, 7) is 21.8. The van der Waals surface area contributed by atoms with Crippen molar-refractivity contribution in [3.8, 4) is 0 Å². The Bertz CT molecular complexity index is 834. The Balaban J connectivity index is 0.00000172. The first-order valence-electron chi connectivity index (χ1n) is 11.3. The number of allylic oxidation sites excluding steroid dienone is 4. The highest BCUT2D eigenvalue weighted by Crippen LogP contribution is 2.42. The highest BCUT2D eigenvalue weighted by atomic mass is 35.5. The van der Waals surface area contributed by atoms with Crippen molar-refractivity contribution in [2.24, 2.45) is 5.92 Å². The maximum absolute atomic E-state index is 11.5. The number of rotatable bonds is 11. The summed E-state index contributed by atoms with van der Waals surface area (Å²) in [5, 5.41) is 12.1. The third-order valence-corrected chi connectivity index (χ3v) is 6.52. The van der Waals surface area contributed by atoms with Gasteiger partial charge in [0, 0.05) is 9.94 Å². The summed E-state index contributed by atoms with van der Waals surface area (Å²) in [5.74, 6) is -0.215. The van der Waals surface area contributed by atoms with Crippen molar-refractivity contribution < 1.29 is 9.90 Å². The largest absolute Gasteiger partial charge is 0.481 e. The van der Waals surface area contributed by atoms with Crippen molar-refractivity contribution >= 4 is 34.2 Å². The van der Waals surface area contributed by atoms with Gasteiger partial charge in [-0.1, -0.05) is 106 Å². The lowest BCUT2D eigenvalue weighted by molar-refractivity contribution is -0.137. The molecule has 0 amide bonds. The van der Waals surface area contributed by atoms with Crippen LogP contribution in [-0.4, -0.2) is 11.1 Å². The smallest absolute Gasteiger partial charge is 0.303 e. The van der Waals surface area contributed by atoms with Gasteiger partial charge in [-0.3, -0.25) is 4.79 Å². The zero-order valence-electron chi connectivity index (χ0n) is 20.9. The van der Waals surface area contributed by atoms with Gasteiger partial charge in [0.05, 0.1) is 6.42 Å². The van der Waals surface area contributed by atoms with Crippen molar-refractivity contribution in [3.63, 3.8) is 0 Å². The molecule has 0 unspecified atom stereocenters. The molecule has 1 aromatic carbocycles. The number of carbonyl (C=O) groups is 1. The van der Waals surface area contributed by atoms with Crippen molar-refractivity contribution in [3.05, 3.63) is 75.7 Å². The van der Waals surface area contributed by atoms with Crippen LogP contribution in [0.1, 0.15) is 88.5 Å². The monoisotopic (exact) mass is 476 g/mol. The highest BCUT2D eigenvalue weighted by Gasteiger charge is 2.22. The SMILES string of the molecule is C/C=C/S/C(=C(/C)[C@H](CCCC)CC(=O)O)c1c(C)cc(C)cc1C(C)C.C=CC(=C)Cl. The maximum atomic E-state index is 11.5. The van der Waals surface area contributed by atoms with Gasteiger partial charge in [0.25, 0.3) is 0 Å². The molecule has 0 spiro atoms. The molecule has 0 bridgehead atoms. The lowest BCUT2D eigenvalue weighted by Gasteiger charge is -2.24. The van der Waals surface area contributed by atoms with E-state index < -0.39 is 5.97 Å². The summed E-state index contributed by atoms with van der Waals surface area (Å²) in [6, 6.07) is 4.53. The Morgan fingerprint density at radius 1 is 1.28 bits per heavy atom. The van der Waals surface area contributed by atoms with Gasteiger partial charge in [-0.25, -0.2) is 0 Å². The van der Waals surface area contributed by atoms with Gasteiger partial charge in [-0.2, -0.15) is 0 Å². The second kappa shape index (κ2) is 16.0. The van der Waals surface area contributed by atoms with Crippen LogP contribution >= 0.6 is 23.4 Å². The van der Waals surface area contributed by atoms with Gasteiger partial charge < -0.3 is 5.11 Å². The Labute approximate surface area is 205 Å². The van der Waals surface area contributed by atoms with Gasteiger partial charge in [0.1, 0.15) is 0 Å². The molecule has 0 saturated heterocycles. The number of aliphatic carboxylic acids is 1. The van der Waals surface area contributed by atoms with E-state index in [1.807, 2.05) is 6.92 Å². The Kier molecular flexibility index (Phi) is 15.1. The summed E-state index contributed by atoms with van der Waals surface area (Å²) in [6.07, 6.45) is 6.81. The number of benzene rings is 1. The van der Waals surface area contributed by atoms with E-state index in [1.165, 1.54) is 38.8 Å². The zero-order valence-corrected chi connectivity index (χ0v) is 22.5. The van der Waals surface area contributed by atoms with Gasteiger partial charge in [0.2, 0.25) is 0 Å². The van der Waals surface area contributed by atoms with Crippen LogP contribution in [0.5, 0.6) is 0 Å². The number of hydrogen-bond donors (Lipinski definition) is 1. The Hall–Kier alpha value is -1.71. The highest BCUT2D eigenvalue weighted by molar-refractivity contribution is 8.11. The van der Waals surface area contributed by atoms with Crippen LogP contribution < -0.4 is 0 Å². The second-order valence-electron chi connectivity index (χ2n) is 8.39. The molecule has 32 heavy (non-hydrogen) atoms. The molecular weight excluding hydrogens is 436 g/mol. The zero-order chi connectivity index (χ0) is 24.8. The predicted octanol–water partition coefficient (Wildman–Crippen LogP) is 9.63. The second-order valence-corrected chi connectivity index (χ2v) is 9.79. The molecule has 178 valence electrons. The summed E-state index contributed by atoms with van der Waals surface area (Å²) in [5.41, 5.74) is 6.41. The van der Waals surface area contributed by atoms with Gasteiger partial charge >= 0.3 is 5.97 Å². The van der Waals surface area contributed by atoms with E-state index in [9.17, 15) is 9.90 Å². The fourth-order valence-electron chi connectivity index (χ4n) is 3.57. The molecule has 0 aromatic heterocycles. The predicted molar refractivity (Wildman–Crippen MR) is 145 cm³/mol. The maximum Gasteiger partial charge on any atom is 0.303 e. The lowest BCUT2D eigenvalue weighted by Crippen LogP contribution is -2.11. The summed E-state index contributed by atoms with van der Waals surface area (Å²) in [7, 11) is 0. The Morgan fingerprint density at radius 3 is 2.31 bits per heavy atom. The van der Waals surface area contributed by atoms with Gasteiger partial charge in [-0.05, 0) is 68.0 Å². The summed E-state index contributed by atoms with van der Waals surface area (Å²) >= 11 is 6.88. The van der Waals surface area contributed by atoms with Crippen LogP contribution in [-0.2, 0) is 4.79 Å². The molecule has 1 atom stereocenters. The van der Waals surface area contributed by atoms with E-state index >= 15 is 0 Å². The van der Waals surface area contributed by atoms with Crippen molar-refractivity contribution in [1.82, 2.24) is 0 Å². The third kappa shape index (κ3) is 10.7. The third-order valence-electron chi connectivity index (χ3n) is 5.20. The van der Waals surface area contributed by atoms with Gasteiger partial charge in [-0.15, -0.1) is 0 Å². The minimum Gasteiger partial charge on any atom is -0.481 e. The number of unbranched alkanes of at least 4 members (excludes halogenated alkanes) is 1. The number of aryl methyl sites for hydroxylation is 2. The molecule has 0 saturated carbocycles. The number of thioether (sulfide) groups is 1. The van der Waals surface area contributed by atoms with Crippen LogP contribution in [0.25, 0.3) is 4.91 Å². The molecule has 4 heteroatoms. The molecule has 0 radical (unpaired) electrons. The van der Waals surface area contributed by atoms with Crippen molar-refractivity contribution in [2.45, 2.75) is 80.1 Å². The molecule has 1 N–H and O–H groups in total. The fraction of sp³-hybridized carbons (Fsp3) is 0.464. The molecular formula is C28H41ClO2S. The summed E-state index contributed by atoms with van der Waals surface area (Å²) < 4.78 is 0. The minimum absolute atomic E-state index is 0.0796. The first kappa shape index (κ1) is 30.3. The first-order chi connectivity index (χ1) is 15.0. The average molecular weight is 477 g/mol. The van der Waals surface area contributed by atoms with E-state index in [4.69, 9.17) is 11.6 Å². The topological polar surface area (TPSA) is 37.3 Å². The average Bonchev–Trinajstić information content (AvgIpc) is 2.71. The normalized spacial score (nSPS) is 12.8. The van der Waals surface area contributed by atoms with Gasteiger partial charge in [0.15, 0.2) is 0 Å². The lowest BCUT2D eigenvalue weighted by atomic mass is 9.86. The van der Waals surface area contributed by atoms with Crippen LogP contribution in [0, 0.1) is 19.8 Å². The molecule has 0 fully saturated rings. The molecule has 0 aliphatic heterocycles. The first-order valence-corrected chi connectivity index (χ1v) is 12.5. The van der Waals surface area contributed by atoms with Crippen LogP contribution in [0.2, 0.25) is 0 Å². The molecule has 0 aliphatic carbocycles. The van der Waals surface area contributed by atoms with E-state index in [0.717, 1.165) is 19.3 Å². The molecule has 0 aliphatic rings. The number of carboxylic acid groups (broad SMARTS) is 1. The molecule has 0 heterocycles. The van der Waals surface area contributed by atoms with Crippen molar-refractivity contribution in [1.29, 1.82) is 0 Å². The minimum atomic E-state index is -0.712. The molecule has 2 nitrogen and oxygen atoms in total. The van der Waals surface area contributed by atoms with Crippen LogP contribution in [0.3, 0.4) is 0 Å². The number of hydrogen-bond acceptors (Lipinski definition) is 2. The number of carboxylic acids is 1. The van der Waals surface area contributed by atoms with Crippen LogP contribution in [0.15, 0.2) is 53.5 Å². The quantitative estimate of drug-likeness (QED) is 0.323. The van der Waals surface area contributed by atoms with E-state index in [0.29, 0.717) is 11.0 Å². The van der Waals surface area contributed by atoms with E-state index in [1.54, 1.807) is 11.8 Å². The Morgan fingerprint density at radius 2 is 1.88 bits per heavy atom. The van der Waals surface area contributed by atoms with E-state index in [2.05, 4.69) is 78.3 Å². The molecule has 1 rings (SSSR count). The van der Waals surface area contributed by atoms with Crippen LogP contribution in [0.4, 0.5) is 0 Å². The van der Waals surface area contributed by atoms with Crippen molar-refractivity contribution in [2.75, 3.05) is 0 Å². The number of halogens is 1. The van der Waals surface area contributed by atoms with E-state index in [-0.39, 0.29) is 12.3 Å². The fourth-order valence-corrected chi connectivity index (χ4v) is 4.59. The summed E-state index contributed by atoms with van der Waals surface area (Å²) in [4.78, 5) is 12.7. The standard InChI is InChI=1S/C24H36O2S.C4H5Cl/c1-8-10-11-20(15-22(25)26)19(7)24(27-12-9-2)23-18(6)13-17(5)14-21(23)16(3)4;1-3-4(2)5/h9,12-14,16,20H,8,10-11,15H2,1-7H3,(H,25,26);3H,1-2H2/b12-9+,24-19-;/t20-;/m1./s1. The molecule has 1 aromatic rings.